The summed E-state index contributed by atoms with van der Waals surface area (Å²) < 4.78 is 54.5. The molecular weight excluding hydrogens is 596 g/mol. The summed E-state index contributed by atoms with van der Waals surface area (Å²) in [5.41, 5.74) is 12.3. The standard InChI is InChI=1S/4C2H5NO2.H4O12P4/c4*3-1-2(4)5;1-13(2)9-14(3,4)11-16(7,8)12-15(5,6)10-13/h4*1,3H2,(H,4,5);(H,1,2)(H,3,4)(H,5,6)(H,7,8). The number of carboxylic acids is 4. The molecule has 1 rings (SSSR count). The lowest BCUT2D eigenvalue weighted by Crippen LogP contribution is -2.54. The summed E-state index contributed by atoms with van der Waals surface area (Å²) in [6.07, 6.45) is 0. The van der Waals surface area contributed by atoms with Gasteiger partial charge >= 0.3 is 23.9 Å². The van der Waals surface area contributed by atoms with Gasteiger partial charge in [-0.15, -0.1) is 0 Å². The Morgan fingerprint density at radius 3 is 0.611 bits per heavy atom. The Balaban J connectivity index is -0.000000211. The Labute approximate surface area is 199 Å². The predicted molar refractivity (Wildman–Crippen MR) is 96.3 cm³/mol. The summed E-state index contributed by atoms with van der Waals surface area (Å²) in [5.74, 6) is -3.43. The van der Waals surface area contributed by atoms with Gasteiger partial charge in [0.1, 0.15) is 0 Å². The van der Waals surface area contributed by atoms with Crippen LogP contribution in [0.5, 0.6) is 0 Å². The number of aliphatic carboxylic acids is 4. The molecule has 0 unspecified atom stereocenters. The van der Waals surface area contributed by atoms with E-state index in [9.17, 15) is 57.0 Å². The van der Waals surface area contributed by atoms with Crippen molar-refractivity contribution >= 4 is 55.2 Å². The molecule has 1 saturated heterocycles. The first-order chi connectivity index (χ1) is 15.9. The third kappa shape index (κ3) is 34.5. The molecule has 1 heterocycles. The highest BCUT2D eigenvalue weighted by Gasteiger charge is 2.35. The van der Waals surface area contributed by atoms with Gasteiger partial charge in [0, 0.05) is 0 Å². The van der Waals surface area contributed by atoms with Crippen LogP contribution in [0.3, 0.4) is 0 Å². The molecule has 0 aliphatic carbocycles. The molecule has 0 bridgehead atoms. The summed E-state index contributed by atoms with van der Waals surface area (Å²) >= 11 is 0. The quantitative estimate of drug-likeness (QED) is 0.135. The van der Waals surface area contributed by atoms with Gasteiger partial charge in [-0.2, -0.15) is 0 Å². The zero-order valence-electron chi connectivity index (χ0n) is 17.8. The minimum Gasteiger partial charge on any atom is -0.756 e. The third-order valence-electron chi connectivity index (χ3n) is 1.66. The van der Waals surface area contributed by atoms with E-state index in [1.165, 1.54) is 0 Å². The Morgan fingerprint density at radius 1 is 0.472 bits per heavy atom. The largest absolute Gasteiger partial charge is 0.756 e. The maximum Gasteiger partial charge on any atom is 0.359 e. The van der Waals surface area contributed by atoms with Crippen LogP contribution in [-0.4, -0.2) is 70.5 Å². The number of hydrogen-bond donors (Lipinski definition) is 8. The summed E-state index contributed by atoms with van der Waals surface area (Å²) in [6.45, 7) is -0.111. The molecule has 0 atom stereocenters. The van der Waals surface area contributed by atoms with Crippen molar-refractivity contribution in [3.05, 3.63) is 0 Å². The maximum absolute atomic E-state index is 10.6. The van der Waals surface area contributed by atoms with E-state index >= 15 is 0 Å². The van der Waals surface area contributed by atoms with Crippen LogP contribution >= 0.6 is 31.3 Å². The monoisotopic (exact) mass is 620 g/mol. The molecule has 0 aromatic carbocycles. The van der Waals surface area contributed by atoms with Crippen molar-refractivity contribution < 1.29 is 118 Å². The number of carbonyl (C=O) groups is 4. The minimum atomic E-state index is -5.87. The van der Waals surface area contributed by atoms with Gasteiger partial charge in [-0.25, -0.2) is 36.4 Å². The summed E-state index contributed by atoms with van der Waals surface area (Å²) in [5, 5.41) is 30.6. The Kier molecular flexibility index (Phi) is 22.4. The molecular formula is C8H24N4O20P4. The topological polar surface area (TPSA) is 457 Å². The highest BCUT2D eigenvalue weighted by atomic mass is 31.3. The molecule has 1 aliphatic heterocycles. The van der Waals surface area contributed by atoms with Crippen LogP contribution in [0.4, 0.5) is 0 Å². The fraction of sp³-hybridized carbons (Fsp3) is 0.500. The minimum absolute atomic E-state index is 0.0278. The van der Waals surface area contributed by atoms with E-state index in [-0.39, 0.29) is 26.2 Å². The van der Waals surface area contributed by atoms with Crippen LogP contribution < -0.4 is 42.5 Å². The lowest BCUT2D eigenvalue weighted by atomic mass is 10.7. The normalized spacial score (nSPS) is 28.7. The van der Waals surface area contributed by atoms with Crippen LogP contribution in [0.25, 0.3) is 0 Å². The molecule has 0 radical (unpaired) electrons. The van der Waals surface area contributed by atoms with E-state index in [2.05, 4.69) is 40.2 Å². The van der Waals surface area contributed by atoms with Crippen molar-refractivity contribution in [2.24, 2.45) is 0 Å². The molecule has 16 N–H and O–H groups in total. The first-order valence-corrected chi connectivity index (χ1v) is 13.9. The van der Waals surface area contributed by atoms with Crippen molar-refractivity contribution in [1.82, 2.24) is 0 Å². The van der Waals surface area contributed by atoms with Crippen molar-refractivity contribution in [2.45, 2.75) is 0 Å². The Hall–Kier alpha value is -1.68. The van der Waals surface area contributed by atoms with E-state index in [0.717, 1.165) is 0 Å². The molecule has 0 saturated carbocycles. The SMILES string of the molecule is O=P1([O-])OP(=O)([O-])OP(=O)([O-])OP(=O)([O-])O1.[NH3+]CC(=O)O.[NH3+]CC(=O)O.[NH3+]CC(=O)O.[NH3+]CC(=O)O. The molecule has 216 valence electrons. The molecule has 1 fully saturated rings. The van der Waals surface area contributed by atoms with Gasteiger partial charge in [-0.05, 0) is 0 Å². The molecule has 0 spiro atoms. The Bertz CT molecular complexity index is 740. The van der Waals surface area contributed by atoms with Gasteiger partial charge in [-0.1, -0.05) is 0 Å². The van der Waals surface area contributed by atoms with E-state index in [1.54, 1.807) is 0 Å². The summed E-state index contributed by atoms with van der Waals surface area (Å²) in [6, 6.07) is 0. The second-order valence-electron chi connectivity index (χ2n) is 4.69. The zero-order valence-corrected chi connectivity index (χ0v) is 21.3. The molecule has 0 aromatic heterocycles. The van der Waals surface area contributed by atoms with Gasteiger partial charge in [0.25, 0.3) is 31.3 Å². The number of carboxylic acid groups (broad SMARTS) is 4. The smallest absolute Gasteiger partial charge is 0.359 e. The van der Waals surface area contributed by atoms with Crippen molar-refractivity contribution in [2.75, 3.05) is 26.2 Å². The van der Waals surface area contributed by atoms with Crippen molar-refractivity contribution in [1.29, 1.82) is 0 Å². The number of quaternary nitrogens is 4. The fourth-order valence-electron chi connectivity index (χ4n) is 0.550. The first-order valence-electron chi connectivity index (χ1n) is 8.05. The maximum atomic E-state index is 10.6. The molecule has 28 heteroatoms. The Morgan fingerprint density at radius 2 is 0.556 bits per heavy atom. The third-order valence-corrected chi connectivity index (χ3v) is 8.06. The van der Waals surface area contributed by atoms with Gasteiger partial charge < -0.3 is 62.9 Å². The second-order valence-corrected chi connectivity index (χ2v) is 10.9. The summed E-state index contributed by atoms with van der Waals surface area (Å²) in [7, 11) is -23.5. The van der Waals surface area contributed by atoms with Crippen LogP contribution in [-0.2, 0) is 54.7 Å². The zero-order chi connectivity index (χ0) is 30.0. The molecule has 36 heavy (non-hydrogen) atoms. The number of rotatable bonds is 4. The lowest BCUT2D eigenvalue weighted by Gasteiger charge is -2.41. The van der Waals surface area contributed by atoms with Crippen LogP contribution in [0.2, 0.25) is 0 Å². The van der Waals surface area contributed by atoms with E-state index in [0.29, 0.717) is 0 Å². The fourth-order valence-corrected chi connectivity index (χ4v) is 6.02. The van der Waals surface area contributed by atoms with Gasteiger partial charge in [-0.3, -0.25) is 18.3 Å². The van der Waals surface area contributed by atoms with Gasteiger partial charge in [0.05, 0.1) is 0 Å². The highest BCUT2D eigenvalue weighted by molar-refractivity contribution is 7.73. The predicted octanol–water partition coefficient (Wildman–Crippen LogP) is -8.81. The van der Waals surface area contributed by atoms with Gasteiger partial charge in [0.2, 0.25) is 0 Å². The molecule has 24 nitrogen and oxygen atoms in total. The molecule has 1 aliphatic rings. The van der Waals surface area contributed by atoms with Gasteiger partial charge in [0.15, 0.2) is 26.2 Å². The molecule has 0 amide bonds. The average molecular weight is 620 g/mol. The number of phosphoric acid groups is 4. The van der Waals surface area contributed by atoms with E-state index in [4.69, 9.17) is 20.4 Å². The lowest BCUT2D eigenvalue weighted by molar-refractivity contribution is -0.359. The van der Waals surface area contributed by atoms with Crippen molar-refractivity contribution in [3.63, 3.8) is 0 Å². The van der Waals surface area contributed by atoms with E-state index < -0.39 is 55.2 Å². The summed E-state index contributed by atoms with van der Waals surface area (Å²) in [4.78, 5) is 79.4. The van der Waals surface area contributed by atoms with Crippen LogP contribution in [0.1, 0.15) is 0 Å². The van der Waals surface area contributed by atoms with Crippen LogP contribution in [0, 0.1) is 0 Å². The first kappa shape index (κ1) is 41.4. The highest BCUT2D eigenvalue weighted by Crippen LogP contribution is 2.73. The van der Waals surface area contributed by atoms with Crippen molar-refractivity contribution in [3.8, 4) is 0 Å². The van der Waals surface area contributed by atoms with Crippen LogP contribution in [0.15, 0.2) is 0 Å². The van der Waals surface area contributed by atoms with E-state index in [1.807, 2.05) is 0 Å². The average Bonchev–Trinajstić information content (AvgIpc) is 2.64. The second kappa shape index (κ2) is 19.4. The number of hydrogen-bond acceptors (Lipinski definition) is 16. The molecule has 0 aromatic rings.